The quantitative estimate of drug-likeness (QED) is 0.649. The molecule has 0 aliphatic carbocycles. The highest BCUT2D eigenvalue weighted by Crippen LogP contribution is 2.07. The first-order chi connectivity index (χ1) is 4.33. The molecule has 0 aliphatic heterocycles. The second-order valence-electron chi connectivity index (χ2n) is 2.26. The zero-order valence-electron chi connectivity index (χ0n) is 6.39. The van der Waals surface area contributed by atoms with Crippen molar-refractivity contribution >= 4 is 12.4 Å². The minimum Gasteiger partial charge on any atom is -0.466 e. The summed E-state index contributed by atoms with van der Waals surface area (Å²) in [4.78, 5) is 0. The molecule has 1 aromatic rings. The minimum atomic E-state index is 0. The first-order valence-corrected chi connectivity index (χ1v) is 3.38. The van der Waals surface area contributed by atoms with Crippen molar-refractivity contribution < 1.29 is 4.42 Å². The smallest absolute Gasteiger partial charge is 0.104 e. The fourth-order valence-corrected chi connectivity index (χ4v) is 0.866. The van der Waals surface area contributed by atoms with E-state index in [2.05, 4.69) is 6.92 Å². The highest BCUT2D eigenvalue weighted by molar-refractivity contribution is 5.85. The molecule has 0 radical (unpaired) electrons. The summed E-state index contributed by atoms with van der Waals surface area (Å²) in [5, 5.41) is 0. The average molecular weight is 161 g/mol. The van der Waals surface area contributed by atoms with Crippen LogP contribution in [0.5, 0.6) is 0 Å². The Kier molecular flexibility index (Phi) is 4.21. The first kappa shape index (κ1) is 9.57. The molecule has 0 bridgehead atoms. The van der Waals surface area contributed by atoms with Crippen LogP contribution in [0.25, 0.3) is 0 Å². The maximum Gasteiger partial charge on any atom is 0.104 e. The van der Waals surface area contributed by atoms with Gasteiger partial charge < -0.3 is 4.42 Å². The predicted molar refractivity (Wildman–Crippen MR) is 44.7 cm³/mol. The second kappa shape index (κ2) is 4.40. The van der Waals surface area contributed by atoms with Crippen LogP contribution in [0.15, 0.2) is 16.5 Å². The van der Waals surface area contributed by atoms with Crippen molar-refractivity contribution in [1.29, 1.82) is 0 Å². The van der Waals surface area contributed by atoms with Crippen molar-refractivity contribution in [3.05, 3.63) is 23.7 Å². The lowest BCUT2D eigenvalue weighted by atomic mass is 10.3. The third kappa shape index (κ3) is 2.44. The summed E-state index contributed by atoms with van der Waals surface area (Å²) in [5.41, 5.74) is 0. The molecule has 2 heteroatoms. The Morgan fingerprint density at radius 1 is 1.40 bits per heavy atom. The zero-order chi connectivity index (χ0) is 6.69. The molecule has 0 aliphatic rings. The van der Waals surface area contributed by atoms with Gasteiger partial charge in [-0.05, 0) is 25.5 Å². The van der Waals surface area contributed by atoms with E-state index in [-0.39, 0.29) is 12.4 Å². The third-order valence-electron chi connectivity index (χ3n) is 1.29. The molecule has 0 saturated carbocycles. The summed E-state index contributed by atoms with van der Waals surface area (Å²) in [7, 11) is 0. The van der Waals surface area contributed by atoms with E-state index in [1.807, 2.05) is 19.1 Å². The van der Waals surface area contributed by atoms with E-state index in [9.17, 15) is 0 Å². The average Bonchev–Trinajstić information content (AvgIpc) is 2.17. The molecule has 10 heavy (non-hydrogen) atoms. The Morgan fingerprint density at radius 3 is 2.50 bits per heavy atom. The number of hydrogen-bond acceptors (Lipinski definition) is 1. The van der Waals surface area contributed by atoms with Crippen molar-refractivity contribution in [1.82, 2.24) is 0 Å². The van der Waals surface area contributed by atoms with Crippen LogP contribution in [0.1, 0.15) is 24.9 Å². The van der Waals surface area contributed by atoms with E-state index in [4.69, 9.17) is 4.42 Å². The zero-order valence-corrected chi connectivity index (χ0v) is 7.20. The van der Waals surface area contributed by atoms with E-state index in [1.165, 1.54) is 0 Å². The number of hydrogen-bond donors (Lipinski definition) is 0. The van der Waals surface area contributed by atoms with Crippen LogP contribution in [0.2, 0.25) is 0 Å². The van der Waals surface area contributed by atoms with Gasteiger partial charge in [0.15, 0.2) is 0 Å². The summed E-state index contributed by atoms with van der Waals surface area (Å²) in [6.45, 7) is 4.12. The summed E-state index contributed by atoms with van der Waals surface area (Å²) < 4.78 is 5.32. The van der Waals surface area contributed by atoms with Crippen molar-refractivity contribution in [3.63, 3.8) is 0 Å². The van der Waals surface area contributed by atoms with Crippen molar-refractivity contribution in [3.8, 4) is 0 Å². The summed E-state index contributed by atoms with van der Waals surface area (Å²) in [6.07, 6.45) is 2.22. The standard InChI is InChI=1S/C8H12O.ClH/c1-3-4-8-6-5-7(2)9-8;/h5-6H,3-4H2,1-2H3;1H. The Morgan fingerprint density at radius 2 is 2.10 bits per heavy atom. The van der Waals surface area contributed by atoms with Gasteiger partial charge in [-0.25, -0.2) is 0 Å². The first-order valence-electron chi connectivity index (χ1n) is 3.38. The van der Waals surface area contributed by atoms with Crippen LogP contribution < -0.4 is 0 Å². The van der Waals surface area contributed by atoms with Gasteiger partial charge in [0, 0.05) is 6.42 Å². The van der Waals surface area contributed by atoms with E-state index >= 15 is 0 Å². The number of halogens is 1. The third-order valence-corrected chi connectivity index (χ3v) is 1.29. The fourth-order valence-electron chi connectivity index (χ4n) is 0.866. The summed E-state index contributed by atoms with van der Waals surface area (Å²) >= 11 is 0. The molecular weight excluding hydrogens is 148 g/mol. The van der Waals surface area contributed by atoms with Crippen LogP contribution in [-0.2, 0) is 6.42 Å². The van der Waals surface area contributed by atoms with Gasteiger partial charge >= 0.3 is 0 Å². The van der Waals surface area contributed by atoms with Gasteiger partial charge in [0.05, 0.1) is 0 Å². The largest absolute Gasteiger partial charge is 0.466 e. The molecule has 0 aromatic carbocycles. The second-order valence-corrected chi connectivity index (χ2v) is 2.26. The van der Waals surface area contributed by atoms with E-state index in [0.717, 1.165) is 24.4 Å². The van der Waals surface area contributed by atoms with Crippen LogP contribution in [0, 0.1) is 6.92 Å². The molecule has 58 valence electrons. The van der Waals surface area contributed by atoms with Crippen LogP contribution in [-0.4, -0.2) is 0 Å². The van der Waals surface area contributed by atoms with E-state index in [0.29, 0.717) is 0 Å². The molecule has 0 amide bonds. The SMILES string of the molecule is CCCc1ccc(C)o1.Cl. The molecule has 1 rings (SSSR count). The molecule has 1 nitrogen and oxygen atoms in total. The van der Waals surface area contributed by atoms with Crippen molar-refractivity contribution in [2.75, 3.05) is 0 Å². The predicted octanol–water partition coefficient (Wildman–Crippen LogP) is 2.96. The molecule has 1 aromatic heterocycles. The number of rotatable bonds is 2. The van der Waals surface area contributed by atoms with Gasteiger partial charge in [0.25, 0.3) is 0 Å². The maximum atomic E-state index is 5.32. The molecule has 1 heterocycles. The molecular formula is C8H13ClO. The van der Waals surface area contributed by atoms with Gasteiger partial charge in [-0.15, -0.1) is 12.4 Å². The minimum absolute atomic E-state index is 0. The Balaban J connectivity index is 0.000000810. The molecule has 0 atom stereocenters. The Labute approximate surface area is 67.8 Å². The lowest BCUT2D eigenvalue weighted by Gasteiger charge is -1.87. The summed E-state index contributed by atoms with van der Waals surface area (Å²) in [5.74, 6) is 2.12. The van der Waals surface area contributed by atoms with Crippen LogP contribution in [0.4, 0.5) is 0 Å². The van der Waals surface area contributed by atoms with Gasteiger partial charge in [-0.3, -0.25) is 0 Å². The van der Waals surface area contributed by atoms with Crippen molar-refractivity contribution in [2.45, 2.75) is 26.7 Å². The molecule has 0 spiro atoms. The lowest BCUT2D eigenvalue weighted by molar-refractivity contribution is 0.480. The number of furan rings is 1. The highest BCUT2D eigenvalue weighted by atomic mass is 35.5. The normalized spacial score (nSPS) is 9.00. The lowest BCUT2D eigenvalue weighted by Crippen LogP contribution is -1.74. The van der Waals surface area contributed by atoms with E-state index < -0.39 is 0 Å². The maximum absolute atomic E-state index is 5.32. The topological polar surface area (TPSA) is 13.1 Å². The van der Waals surface area contributed by atoms with Gasteiger partial charge in [0.1, 0.15) is 11.5 Å². The van der Waals surface area contributed by atoms with Gasteiger partial charge in [-0.2, -0.15) is 0 Å². The van der Waals surface area contributed by atoms with Gasteiger partial charge in [0.2, 0.25) is 0 Å². The van der Waals surface area contributed by atoms with Crippen LogP contribution >= 0.6 is 12.4 Å². The summed E-state index contributed by atoms with van der Waals surface area (Å²) in [6, 6.07) is 4.05. The van der Waals surface area contributed by atoms with Gasteiger partial charge in [-0.1, -0.05) is 6.92 Å². The molecule has 0 fully saturated rings. The molecule has 0 N–H and O–H groups in total. The van der Waals surface area contributed by atoms with E-state index in [1.54, 1.807) is 0 Å². The van der Waals surface area contributed by atoms with Crippen molar-refractivity contribution in [2.24, 2.45) is 0 Å². The van der Waals surface area contributed by atoms with Crippen LogP contribution in [0.3, 0.4) is 0 Å². The molecule has 0 unspecified atom stereocenters. The Bertz CT molecular complexity index is 181. The monoisotopic (exact) mass is 160 g/mol. The fraction of sp³-hybridized carbons (Fsp3) is 0.500. The Hall–Kier alpha value is -0.430. The highest BCUT2D eigenvalue weighted by Gasteiger charge is 1.93. The number of aryl methyl sites for hydroxylation is 2. The molecule has 0 saturated heterocycles.